The van der Waals surface area contributed by atoms with Crippen molar-refractivity contribution in [3.8, 4) is 17.7 Å². The Hall–Kier alpha value is -3.13. The number of nitrogens with zero attached hydrogens (tertiary/aromatic N) is 3. The molecule has 2 heterocycles. The van der Waals surface area contributed by atoms with Gasteiger partial charge in [0.1, 0.15) is 11.6 Å². The number of aromatic nitrogens is 2. The zero-order valence-electron chi connectivity index (χ0n) is 11.4. The van der Waals surface area contributed by atoms with Gasteiger partial charge in [0, 0.05) is 11.5 Å². The van der Waals surface area contributed by atoms with Crippen LogP contribution in [0.25, 0.3) is 11.0 Å². The summed E-state index contributed by atoms with van der Waals surface area (Å²) in [6.45, 7) is 1.97. The molecule has 0 spiro atoms. The summed E-state index contributed by atoms with van der Waals surface area (Å²) in [5.41, 5.74) is 7.83. The van der Waals surface area contributed by atoms with Crippen molar-refractivity contribution in [1.82, 2.24) is 9.97 Å². The highest BCUT2D eigenvalue weighted by Gasteiger charge is 2.06. The van der Waals surface area contributed by atoms with Crippen LogP contribution >= 0.6 is 0 Å². The second-order valence-corrected chi connectivity index (χ2v) is 4.62. The number of hydrogen-bond acceptors (Lipinski definition) is 5. The maximum absolute atomic E-state index is 8.78. The second-order valence-electron chi connectivity index (χ2n) is 4.62. The van der Waals surface area contributed by atoms with Crippen molar-refractivity contribution in [1.29, 1.82) is 5.26 Å². The van der Waals surface area contributed by atoms with E-state index in [1.165, 1.54) is 0 Å². The van der Waals surface area contributed by atoms with E-state index in [1.807, 2.05) is 19.1 Å². The van der Waals surface area contributed by atoms with Gasteiger partial charge in [-0.05, 0) is 48.9 Å². The van der Waals surface area contributed by atoms with E-state index in [1.54, 1.807) is 30.3 Å². The molecule has 0 aliphatic carbocycles. The SMILES string of the molecule is Cc1cc(Oc2ccc(C#N)cc2)nc2nc(N)ccc12. The van der Waals surface area contributed by atoms with E-state index >= 15 is 0 Å². The zero-order valence-corrected chi connectivity index (χ0v) is 11.4. The first-order chi connectivity index (χ1) is 10.2. The number of hydrogen-bond donors (Lipinski definition) is 1. The number of benzene rings is 1. The van der Waals surface area contributed by atoms with Gasteiger partial charge in [-0.3, -0.25) is 0 Å². The third-order valence-corrected chi connectivity index (χ3v) is 3.08. The Balaban J connectivity index is 1.98. The minimum Gasteiger partial charge on any atom is -0.439 e. The Bertz CT molecular complexity index is 851. The van der Waals surface area contributed by atoms with Gasteiger partial charge in [-0.25, -0.2) is 4.98 Å². The molecule has 0 fully saturated rings. The Morgan fingerprint density at radius 3 is 2.57 bits per heavy atom. The van der Waals surface area contributed by atoms with Crippen LogP contribution in [0.15, 0.2) is 42.5 Å². The maximum Gasteiger partial charge on any atom is 0.221 e. The zero-order chi connectivity index (χ0) is 14.8. The summed E-state index contributed by atoms with van der Waals surface area (Å²) in [5.74, 6) is 1.48. The molecule has 102 valence electrons. The summed E-state index contributed by atoms with van der Waals surface area (Å²) < 4.78 is 5.71. The lowest BCUT2D eigenvalue weighted by Gasteiger charge is -2.08. The highest BCUT2D eigenvalue weighted by molar-refractivity contribution is 5.80. The van der Waals surface area contributed by atoms with Crippen molar-refractivity contribution in [3.63, 3.8) is 0 Å². The van der Waals surface area contributed by atoms with Crippen LogP contribution < -0.4 is 10.5 Å². The Morgan fingerprint density at radius 2 is 1.86 bits per heavy atom. The normalized spacial score (nSPS) is 10.3. The van der Waals surface area contributed by atoms with Crippen molar-refractivity contribution in [2.24, 2.45) is 0 Å². The Morgan fingerprint density at radius 1 is 1.10 bits per heavy atom. The monoisotopic (exact) mass is 276 g/mol. The summed E-state index contributed by atoms with van der Waals surface area (Å²) in [7, 11) is 0. The number of nitrogen functional groups attached to an aromatic ring is 1. The van der Waals surface area contributed by atoms with Crippen LogP contribution in [0.4, 0.5) is 5.82 Å². The topological polar surface area (TPSA) is 84.8 Å². The molecule has 2 N–H and O–H groups in total. The molecule has 5 heteroatoms. The van der Waals surface area contributed by atoms with Gasteiger partial charge >= 0.3 is 0 Å². The van der Waals surface area contributed by atoms with Crippen molar-refractivity contribution < 1.29 is 4.74 Å². The van der Waals surface area contributed by atoms with Gasteiger partial charge in [0.25, 0.3) is 0 Å². The second kappa shape index (κ2) is 5.10. The fraction of sp³-hybridized carbons (Fsp3) is 0.0625. The summed E-state index contributed by atoms with van der Waals surface area (Å²) in [6, 6.07) is 14.4. The average Bonchev–Trinajstić information content (AvgIpc) is 2.47. The third-order valence-electron chi connectivity index (χ3n) is 3.08. The number of pyridine rings is 2. The number of anilines is 1. The van der Waals surface area contributed by atoms with Gasteiger partial charge in [-0.2, -0.15) is 10.2 Å². The molecule has 3 rings (SSSR count). The predicted molar refractivity (Wildman–Crippen MR) is 79.9 cm³/mol. The Labute approximate surface area is 121 Å². The molecule has 1 aromatic carbocycles. The quantitative estimate of drug-likeness (QED) is 0.777. The molecule has 0 unspecified atom stereocenters. The van der Waals surface area contributed by atoms with E-state index < -0.39 is 0 Å². The van der Waals surface area contributed by atoms with Crippen LogP contribution in [-0.4, -0.2) is 9.97 Å². The molecule has 0 aliphatic rings. The van der Waals surface area contributed by atoms with Gasteiger partial charge in [0.15, 0.2) is 5.65 Å². The van der Waals surface area contributed by atoms with E-state index in [2.05, 4.69) is 16.0 Å². The van der Waals surface area contributed by atoms with E-state index in [-0.39, 0.29) is 0 Å². The number of aryl methyl sites for hydroxylation is 1. The summed E-state index contributed by atoms with van der Waals surface area (Å²) >= 11 is 0. The van der Waals surface area contributed by atoms with Gasteiger partial charge < -0.3 is 10.5 Å². The fourth-order valence-electron chi connectivity index (χ4n) is 2.03. The number of rotatable bonds is 2. The first-order valence-electron chi connectivity index (χ1n) is 6.37. The minimum absolute atomic E-state index is 0.421. The van der Waals surface area contributed by atoms with Crippen LogP contribution in [0.2, 0.25) is 0 Å². The summed E-state index contributed by atoms with van der Waals surface area (Å²) in [4.78, 5) is 8.57. The molecule has 0 atom stereocenters. The lowest BCUT2D eigenvalue weighted by atomic mass is 10.2. The van der Waals surface area contributed by atoms with Crippen molar-refractivity contribution in [3.05, 3.63) is 53.6 Å². The molecule has 0 saturated carbocycles. The fourth-order valence-corrected chi connectivity index (χ4v) is 2.03. The molecule has 3 aromatic rings. The molecule has 0 bridgehead atoms. The van der Waals surface area contributed by atoms with Crippen molar-refractivity contribution in [2.75, 3.05) is 5.73 Å². The molecule has 0 aliphatic heterocycles. The van der Waals surface area contributed by atoms with Gasteiger partial charge in [-0.1, -0.05) is 0 Å². The van der Waals surface area contributed by atoms with E-state index in [9.17, 15) is 0 Å². The van der Waals surface area contributed by atoms with E-state index in [0.717, 1.165) is 10.9 Å². The summed E-state index contributed by atoms with van der Waals surface area (Å²) in [5, 5.41) is 9.72. The Kier molecular flexibility index (Phi) is 3.13. The average molecular weight is 276 g/mol. The van der Waals surface area contributed by atoms with Crippen LogP contribution in [0.1, 0.15) is 11.1 Å². The molecule has 0 radical (unpaired) electrons. The smallest absolute Gasteiger partial charge is 0.221 e. The number of nitrogens with two attached hydrogens (primary N) is 1. The largest absolute Gasteiger partial charge is 0.439 e. The third kappa shape index (κ3) is 2.60. The van der Waals surface area contributed by atoms with Gasteiger partial charge in [0.05, 0.1) is 11.6 Å². The van der Waals surface area contributed by atoms with Crippen molar-refractivity contribution >= 4 is 16.9 Å². The molecule has 21 heavy (non-hydrogen) atoms. The molecular formula is C16H12N4O. The lowest BCUT2D eigenvalue weighted by molar-refractivity contribution is 0.464. The van der Waals surface area contributed by atoms with Crippen LogP contribution in [-0.2, 0) is 0 Å². The number of ether oxygens (including phenoxy) is 1. The number of fused-ring (bicyclic) bond motifs is 1. The lowest BCUT2D eigenvalue weighted by Crippen LogP contribution is -1.95. The summed E-state index contributed by atoms with van der Waals surface area (Å²) in [6.07, 6.45) is 0. The molecule has 0 saturated heterocycles. The predicted octanol–water partition coefficient (Wildman–Crippen LogP) is 3.18. The first-order valence-corrected chi connectivity index (χ1v) is 6.37. The molecule has 2 aromatic heterocycles. The first kappa shape index (κ1) is 12.9. The number of nitriles is 1. The molecule has 0 amide bonds. The van der Waals surface area contributed by atoms with Crippen molar-refractivity contribution in [2.45, 2.75) is 6.92 Å². The highest BCUT2D eigenvalue weighted by atomic mass is 16.5. The van der Waals surface area contributed by atoms with E-state index in [4.69, 9.17) is 15.7 Å². The molecular weight excluding hydrogens is 264 g/mol. The molecule has 5 nitrogen and oxygen atoms in total. The van der Waals surface area contributed by atoms with Crippen LogP contribution in [0, 0.1) is 18.3 Å². The van der Waals surface area contributed by atoms with Crippen LogP contribution in [0.5, 0.6) is 11.6 Å². The van der Waals surface area contributed by atoms with Crippen LogP contribution in [0.3, 0.4) is 0 Å². The van der Waals surface area contributed by atoms with Gasteiger partial charge in [0.2, 0.25) is 5.88 Å². The standard InChI is InChI=1S/C16H12N4O/c1-10-8-15(20-16-13(10)6-7-14(18)19-16)21-12-4-2-11(9-17)3-5-12/h2-8H,1H3,(H2,18,19,20). The minimum atomic E-state index is 0.421. The van der Waals surface area contributed by atoms with Gasteiger partial charge in [-0.15, -0.1) is 0 Å². The highest BCUT2D eigenvalue weighted by Crippen LogP contribution is 2.25. The maximum atomic E-state index is 8.78. The van der Waals surface area contributed by atoms with E-state index in [0.29, 0.717) is 28.7 Å².